The smallest absolute Gasteiger partial charge is 0.358 e. The molecule has 1 heterocycles. The SMILES string of the molecule is Cc1c(-c2ccccc2)c([N+](=O)[O-])nn1-c1ccccc1. The van der Waals surface area contributed by atoms with E-state index in [-0.39, 0.29) is 5.82 Å². The van der Waals surface area contributed by atoms with Crippen LogP contribution in [0.15, 0.2) is 60.7 Å². The van der Waals surface area contributed by atoms with Crippen molar-refractivity contribution < 1.29 is 4.92 Å². The lowest BCUT2D eigenvalue weighted by molar-refractivity contribution is -0.389. The lowest BCUT2D eigenvalue weighted by Crippen LogP contribution is -1.99. The Balaban J connectivity index is 2.25. The fraction of sp³-hybridized carbons (Fsp3) is 0.0625. The van der Waals surface area contributed by atoms with Crippen molar-refractivity contribution in [1.29, 1.82) is 0 Å². The second-order valence-electron chi connectivity index (χ2n) is 4.65. The van der Waals surface area contributed by atoms with E-state index in [1.807, 2.05) is 67.6 Å². The van der Waals surface area contributed by atoms with Crippen LogP contribution in [0.5, 0.6) is 0 Å². The quantitative estimate of drug-likeness (QED) is 0.541. The summed E-state index contributed by atoms with van der Waals surface area (Å²) in [4.78, 5) is 10.9. The molecule has 5 nitrogen and oxygen atoms in total. The van der Waals surface area contributed by atoms with Gasteiger partial charge in [0.25, 0.3) is 0 Å². The standard InChI is InChI=1S/C16H13N3O2/c1-12-15(13-8-4-2-5-9-13)16(19(20)21)17-18(12)14-10-6-3-7-11-14/h2-11H,1H3. The van der Waals surface area contributed by atoms with Crippen LogP contribution < -0.4 is 0 Å². The first-order valence-corrected chi connectivity index (χ1v) is 6.53. The molecule has 0 unspecified atom stereocenters. The molecule has 1 aromatic heterocycles. The van der Waals surface area contributed by atoms with Gasteiger partial charge in [0.1, 0.15) is 5.56 Å². The maximum absolute atomic E-state index is 11.3. The third-order valence-electron chi connectivity index (χ3n) is 3.33. The number of aromatic nitrogens is 2. The van der Waals surface area contributed by atoms with Crippen molar-refractivity contribution in [3.8, 4) is 16.8 Å². The number of nitrogens with zero attached hydrogens (tertiary/aromatic N) is 3. The number of hydrogen-bond donors (Lipinski definition) is 0. The van der Waals surface area contributed by atoms with Gasteiger partial charge in [-0.15, -0.1) is 4.68 Å². The zero-order chi connectivity index (χ0) is 14.8. The molecular weight excluding hydrogens is 266 g/mol. The van der Waals surface area contributed by atoms with Gasteiger partial charge in [0.2, 0.25) is 0 Å². The van der Waals surface area contributed by atoms with E-state index in [4.69, 9.17) is 0 Å². The van der Waals surface area contributed by atoms with Crippen LogP contribution in [0.1, 0.15) is 5.69 Å². The zero-order valence-electron chi connectivity index (χ0n) is 11.4. The molecule has 5 heteroatoms. The van der Waals surface area contributed by atoms with Crippen molar-refractivity contribution in [3.05, 3.63) is 76.5 Å². The van der Waals surface area contributed by atoms with Gasteiger partial charge >= 0.3 is 5.82 Å². The Morgan fingerprint density at radius 1 is 1.00 bits per heavy atom. The number of hydrogen-bond acceptors (Lipinski definition) is 3. The van der Waals surface area contributed by atoms with E-state index in [1.54, 1.807) is 4.68 Å². The van der Waals surface area contributed by atoms with Gasteiger partial charge < -0.3 is 10.1 Å². The monoisotopic (exact) mass is 279 g/mol. The molecule has 0 saturated carbocycles. The van der Waals surface area contributed by atoms with E-state index in [2.05, 4.69) is 5.10 Å². The second kappa shape index (κ2) is 5.20. The molecule has 21 heavy (non-hydrogen) atoms. The molecule has 2 aromatic carbocycles. The molecule has 0 atom stereocenters. The molecule has 0 N–H and O–H groups in total. The third kappa shape index (κ3) is 2.29. The first kappa shape index (κ1) is 13.1. The summed E-state index contributed by atoms with van der Waals surface area (Å²) in [6.45, 7) is 1.84. The molecule has 0 radical (unpaired) electrons. The van der Waals surface area contributed by atoms with E-state index in [0.717, 1.165) is 16.9 Å². The van der Waals surface area contributed by atoms with Gasteiger partial charge in [-0.2, -0.15) is 0 Å². The van der Waals surface area contributed by atoms with Crippen LogP contribution >= 0.6 is 0 Å². The van der Waals surface area contributed by atoms with E-state index < -0.39 is 4.92 Å². The molecule has 3 rings (SSSR count). The summed E-state index contributed by atoms with van der Waals surface area (Å²) >= 11 is 0. The molecular formula is C16H13N3O2. The van der Waals surface area contributed by atoms with Crippen molar-refractivity contribution in [2.24, 2.45) is 0 Å². The number of nitro groups is 1. The molecule has 0 amide bonds. The average Bonchev–Trinajstić information content (AvgIpc) is 2.87. The Hall–Kier alpha value is -2.95. The number of para-hydroxylation sites is 1. The minimum Gasteiger partial charge on any atom is -0.358 e. The first-order valence-electron chi connectivity index (χ1n) is 6.53. The number of rotatable bonds is 3. The van der Waals surface area contributed by atoms with Gasteiger partial charge in [-0.25, -0.2) is 0 Å². The summed E-state index contributed by atoms with van der Waals surface area (Å²) in [6, 6.07) is 18.7. The molecule has 3 aromatic rings. The lowest BCUT2D eigenvalue weighted by atomic mass is 10.1. The third-order valence-corrected chi connectivity index (χ3v) is 3.33. The predicted octanol–water partition coefficient (Wildman–Crippen LogP) is 3.76. The summed E-state index contributed by atoms with van der Waals surface area (Å²) < 4.78 is 1.61. The van der Waals surface area contributed by atoms with E-state index >= 15 is 0 Å². The van der Waals surface area contributed by atoms with Crippen LogP contribution in [-0.4, -0.2) is 14.7 Å². The Morgan fingerprint density at radius 2 is 1.57 bits per heavy atom. The Labute approximate surface area is 121 Å². The minimum absolute atomic E-state index is 0.123. The predicted molar refractivity (Wildman–Crippen MR) is 80.4 cm³/mol. The Kier molecular flexibility index (Phi) is 3.23. The second-order valence-corrected chi connectivity index (χ2v) is 4.65. The maximum Gasteiger partial charge on any atom is 0.398 e. The van der Waals surface area contributed by atoms with Gasteiger partial charge in [-0.05, 0) is 29.5 Å². The molecule has 0 saturated heterocycles. The van der Waals surface area contributed by atoms with E-state index in [0.29, 0.717) is 5.56 Å². The topological polar surface area (TPSA) is 61.0 Å². The fourth-order valence-corrected chi connectivity index (χ4v) is 2.38. The highest BCUT2D eigenvalue weighted by Gasteiger charge is 2.27. The van der Waals surface area contributed by atoms with Gasteiger partial charge in [0.05, 0.1) is 16.5 Å². The highest BCUT2D eigenvalue weighted by Crippen LogP contribution is 2.33. The normalized spacial score (nSPS) is 10.5. The highest BCUT2D eigenvalue weighted by molar-refractivity contribution is 5.74. The largest absolute Gasteiger partial charge is 0.398 e. The van der Waals surface area contributed by atoms with Crippen molar-refractivity contribution in [2.75, 3.05) is 0 Å². The summed E-state index contributed by atoms with van der Waals surface area (Å²) in [5, 5.41) is 15.5. The molecule has 0 aliphatic rings. The van der Waals surface area contributed by atoms with Gasteiger partial charge in [-0.1, -0.05) is 48.5 Å². The van der Waals surface area contributed by atoms with Gasteiger partial charge in [0, 0.05) is 0 Å². The average molecular weight is 279 g/mol. The molecule has 0 spiro atoms. The van der Waals surface area contributed by atoms with Crippen molar-refractivity contribution in [1.82, 2.24) is 9.78 Å². The first-order chi connectivity index (χ1) is 10.2. The lowest BCUT2D eigenvalue weighted by Gasteiger charge is -2.01. The van der Waals surface area contributed by atoms with Crippen LogP contribution in [-0.2, 0) is 0 Å². The van der Waals surface area contributed by atoms with Gasteiger partial charge in [-0.3, -0.25) is 0 Å². The Bertz CT molecular complexity index is 780. The Morgan fingerprint density at radius 3 is 2.14 bits per heavy atom. The van der Waals surface area contributed by atoms with Crippen molar-refractivity contribution in [2.45, 2.75) is 6.92 Å². The van der Waals surface area contributed by atoms with Crippen LogP contribution in [0.25, 0.3) is 16.8 Å². The molecule has 0 aliphatic carbocycles. The fourth-order valence-electron chi connectivity index (χ4n) is 2.38. The number of benzene rings is 2. The van der Waals surface area contributed by atoms with Crippen LogP contribution in [0.3, 0.4) is 0 Å². The van der Waals surface area contributed by atoms with Crippen LogP contribution in [0, 0.1) is 17.0 Å². The minimum atomic E-state index is -0.436. The zero-order valence-corrected chi connectivity index (χ0v) is 11.4. The van der Waals surface area contributed by atoms with Crippen LogP contribution in [0.4, 0.5) is 5.82 Å². The highest BCUT2D eigenvalue weighted by atomic mass is 16.6. The molecule has 0 aliphatic heterocycles. The van der Waals surface area contributed by atoms with E-state index in [1.165, 1.54) is 0 Å². The maximum atomic E-state index is 11.3. The molecule has 0 bridgehead atoms. The van der Waals surface area contributed by atoms with Crippen molar-refractivity contribution in [3.63, 3.8) is 0 Å². The van der Waals surface area contributed by atoms with Gasteiger partial charge in [0.15, 0.2) is 0 Å². The summed E-state index contributed by atoms with van der Waals surface area (Å²) in [6.07, 6.45) is 0. The summed E-state index contributed by atoms with van der Waals surface area (Å²) in [5.74, 6) is -0.123. The summed E-state index contributed by atoms with van der Waals surface area (Å²) in [5.41, 5.74) is 2.91. The van der Waals surface area contributed by atoms with Crippen molar-refractivity contribution >= 4 is 5.82 Å². The van der Waals surface area contributed by atoms with E-state index in [9.17, 15) is 10.1 Å². The van der Waals surface area contributed by atoms with Crippen LogP contribution in [0.2, 0.25) is 0 Å². The summed E-state index contributed by atoms with van der Waals surface area (Å²) in [7, 11) is 0. The molecule has 104 valence electrons. The molecule has 0 fully saturated rings.